The first-order chi connectivity index (χ1) is 11.9. The van der Waals surface area contributed by atoms with Crippen molar-refractivity contribution >= 4 is 29.9 Å². The molecule has 1 aromatic carbocycles. The zero-order valence-electron chi connectivity index (χ0n) is 17.1. The molecule has 0 saturated carbocycles. The Kier molecular flexibility index (Phi) is 12.4. The van der Waals surface area contributed by atoms with Gasteiger partial charge >= 0.3 is 0 Å². The van der Waals surface area contributed by atoms with Crippen LogP contribution in [0.15, 0.2) is 23.2 Å². The van der Waals surface area contributed by atoms with Crippen LogP contribution in [0.4, 0.5) is 0 Å². The summed E-state index contributed by atoms with van der Waals surface area (Å²) in [7, 11) is 9.34. The number of nitrogens with one attached hydrogen (secondary N) is 2. The Hall–Kier alpha value is -1.22. The molecule has 0 aliphatic carbocycles. The van der Waals surface area contributed by atoms with Crippen molar-refractivity contribution in [3.63, 3.8) is 0 Å². The van der Waals surface area contributed by atoms with Crippen LogP contribution in [0.1, 0.15) is 25.8 Å². The van der Waals surface area contributed by atoms with E-state index in [4.69, 9.17) is 9.47 Å². The van der Waals surface area contributed by atoms with E-state index in [-0.39, 0.29) is 24.0 Å². The van der Waals surface area contributed by atoms with Gasteiger partial charge in [0, 0.05) is 37.8 Å². The average molecular weight is 478 g/mol. The largest absolute Gasteiger partial charge is 0.497 e. The smallest absolute Gasteiger partial charge is 0.191 e. The number of guanidine groups is 1. The first-order valence-corrected chi connectivity index (χ1v) is 8.73. The van der Waals surface area contributed by atoms with E-state index in [0.29, 0.717) is 18.5 Å². The lowest BCUT2D eigenvalue weighted by Gasteiger charge is -2.27. The highest BCUT2D eigenvalue weighted by atomic mass is 127. The molecule has 150 valence electrons. The molecule has 2 N–H and O–H groups in total. The van der Waals surface area contributed by atoms with Gasteiger partial charge in [-0.15, -0.1) is 24.0 Å². The van der Waals surface area contributed by atoms with E-state index in [1.807, 2.05) is 18.2 Å². The molecule has 0 fully saturated rings. The van der Waals surface area contributed by atoms with Crippen LogP contribution in [0.5, 0.6) is 11.5 Å². The molecule has 0 radical (unpaired) electrons. The predicted molar refractivity (Wildman–Crippen MR) is 120 cm³/mol. The highest BCUT2D eigenvalue weighted by molar-refractivity contribution is 14.0. The maximum atomic E-state index is 5.44. The van der Waals surface area contributed by atoms with Crippen molar-refractivity contribution in [2.45, 2.75) is 32.9 Å². The molecule has 1 atom stereocenters. The zero-order chi connectivity index (χ0) is 18.8. The van der Waals surface area contributed by atoms with Crippen molar-refractivity contribution in [1.82, 2.24) is 15.5 Å². The third-order valence-corrected chi connectivity index (χ3v) is 4.14. The van der Waals surface area contributed by atoms with Crippen LogP contribution in [0.3, 0.4) is 0 Å². The number of halogens is 1. The number of aliphatic imine (C=N–C) groups is 1. The van der Waals surface area contributed by atoms with Gasteiger partial charge in [0.1, 0.15) is 11.5 Å². The predicted octanol–water partition coefficient (Wildman–Crippen LogP) is 2.96. The van der Waals surface area contributed by atoms with Crippen molar-refractivity contribution < 1.29 is 9.47 Å². The lowest BCUT2D eigenvalue weighted by molar-refractivity contribution is 0.254. The van der Waals surface area contributed by atoms with E-state index in [9.17, 15) is 0 Å². The average Bonchev–Trinajstić information content (AvgIpc) is 2.60. The first kappa shape index (κ1) is 24.8. The number of hydrogen-bond donors (Lipinski definition) is 2. The fourth-order valence-electron chi connectivity index (χ4n) is 2.63. The van der Waals surface area contributed by atoms with E-state index in [1.54, 1.807) is 21.3 Å². The van der Waals surface area contributed by atoms with E-state index in [2.05, 4.69) is 48.5 Å². The number of nitrogens with zero attached hydrogens (tertiary/aromatic N) is 2. The van der Waals surface area contributed by atoms with Gasteiger partial charge in [-0.3, -0.25) is 4.99 Å². The van der Waals surface area contributed by atoms with Gasteiger partial charge < -0.3 is 25.0 Å². The molecule has 0 aliphatic rings. The highest BCUT2D eigenvalue weighted by Gasteiger charge is 2.14. The number of benzene rings is 1. The molecule has 0 heterocycles. The summed E-state index contributed by atoms with van der Waals surface area (Å²) in [5.41, 5.74) is 1.05. The van der Waals surface area contributed by atoms with Gasteiger partial charge in [-0.05, 0) is 38.6 Å². The van der Waals surface area contributed by atoms with Crippen LogP contribution < -0.4 is 20.1 Å². The fraction of sp³-hybridized carbons (Fsp3) is 0.632. The number of methoxy groups -OCH3 is 2. The summed E-state index contributed by atoms with van der Waals surface area (Å²) >= 11 is 0. The van der Waals surface area contributed by atoms with Gasteiger partial charge in [-0.1, -0.05) is 13.8 Å². The van der Waals surface area contributed by atoms with Gasteiger partial charge in [-0.2, -0.15) is 0 Å². The molecule has 0 aromatic heterocycles. The molecule has 1 rings (SSSR count). The van der Waals surface area contributed by atoms with E-state index < -0.39 is 0 Å². The minimum atomic E-state index is 0. The van der Waals surface area contributed by atoms with Crippen molar-refractivity contribution in [2.24, 2.45) is 10.9 Å². The molecule has 0 amide bonds. The molecule has 1 unspecified atom stereocenters. The Balaban J connectivity index is 0.00000625. The summed E-state index contributed by atoms with van der Waals surface area (Å²) in [5.74, 6) is 3.03. The van der Waals surface area contributed by atoms with Crippen molar-refractivity contribution in [2.75, 3.05) is 41.9 Å². The molecule has 6 nitrogen and oxygen atoms in total. The minimum Gasteiger partial charge on any atom is -0.497 e. The molecule has 1 aromatic rings. The van der Waals surface area contributed by atoms with Gasteiger partial charge in [-0.25, -0.2) is 0 Å². The normalized spacial score (nSPS) is 12.6. The molecule has 0 aliphatic heterocycles. The lowest BCUT2D eigenvalue weighted by Crippen LogP contribution is -2.45. The van der Waals surface area contributed by atoms with Crippen LogP contribution in [-0.4, -0.2) is 58.8 Å². The molecule has 0 bridgehead atoms. The monoisotopic (exact) mass is 478 g/mol. The van der Waals surface area contributed by atoms with Gasteiger partial charge in [0.25, 0.3) is 0 Å². The van der Waals surface area contributed by atoms with Crippen LogP contribution in [0.2, 0.25) is 0 Å². The molecule has 0 spiro atoms. The second kappa shape index (κ2) is 13.0. The minimum absolute atomic E-state index is 0. The third kappa shape index (κ3) is 8.44. The van der Waals surface area contributed by atoms with Crippen LogP contribution in [0, 0.1) is 5.92 Å². The molecular formula is C19H35IN4O2. The number of hydrogen-bond acceptors (Lipinski definition) is 4. The lowest BCUT2D eigenvalue weighted by atomic mass is 10.0. The fourth-order valence-corrected chi connectivity index (χ4v) is 2.63. The molecule has 7 heteroatoms. The third-order valence-electron chi connectivity index (χ3n) is 4.14. The Bertz CT molecular complexity index is 550. The van der Waals surface area contributed by atoms with E-state index in [0.717, 1.165) is 36.0 Å². The summed E-state index contributed by atoms with van der Waals surface area (Å²) in [6, 6.07) is 6.28. The summed E-state index contributed by atoms with van der Waals surface area (Å²) in [6.07, 6.45) is 1.14. The van der Waals surface area contributed by atoms with E-state index >= 15 is 0 Å². The molecule has 0 saturated heterocycles. The standard InChI is InChI=1S/C19H34N4O2.HI/c1-14(2)10-16(23(4)5)13-22-19(20-3)21-12-15-8-9-17(24-6)11-18(15)25-7;/h8-9,11,14,16H,10,12-13H2,1-7H3,(H2,20,21,22);1H. The Morgan fingerprint density at radius 1 is 1.15 bits per heavy atom. The zero-order valence-corrected chi connectivity index (χ0v) is 19.5. The van der Waals surface area contributed by atoms with Crippen molar-refractivity contribution in [1.29, 1.82) is 0 Å². The van der Waals surface area contributed by atoms with Gasteiger partial charge in [0.05, 0.1) is 14.2 Å². The molecular weight excluding hydrogens is 443 g/mol. The van der Waals surface area contributed by atoms with Gasteiger partial charge in [0.15, 0.2) is 5.96 Å². The maximum Gasteiger partial charge on any atom is 0.191 e. The first-order valence-electron chi connectivity index (χ1n) is 8.73. The van der Waals surface area contributed by atoms with Crippen LogP contribution >= 0.6 is 24.0 Å². The van der Waals surface area contributed by atoms with Crippen LogP contribution in [-0.2, 0) is 6.54 Å². The highest BCUT2D eigenvalue weighted by Crippen LogP contribution is 2.24. The number of rotatable bonds is 9. The molecule has 26 heavy (non-hydrogen) atoms. The summed E-state index contributed by atoms with van der Waals surface area (Å²) in [5, 5.41) is 6.76. The summed E-state index contributed by atoms with van der Waals surface area (Å²) < 4.78 is 10.7. The van der Waals surface area contributed by atoms with Crippen LogP contribution in [0.25, 0.3) is 0 Å². The van der Waals surface area contributed by atoms with Gasteiger partial charge in [0.2, 0.25) is 0 Å². The topological polar surface area (TPSA) is 58.1 Å². The summed E-state index contributed by atoms with van der Waals surface area (Å²) in [4.78, 5) is 6.57. The maximum absolute atomic E-state index is 5.44. The second-order valence-electron chi connectivity index (χ2n) is 6.73. The summed E-state index contributed by atoms with van der Waals surface area (Å²) in [6.45, 7) is 5.98. The quantitative estimate of drug-likeness (QED) is 0.325. The second-order valence-corrected chi connectivity index (χ2v) is 6.73. The van der Waals surface area contributed by atoms with E-state index in [1.165, 1.54) is 0 Å². The Morgan fingerprint density at radius 3 is 2.35 bits per heavy atom. The number of ether oxygens (including phenoxy) is 2. The Morgan fingerprint density at radius 2 is 1.85 bits per heavy atom. The Labute approximate surface area is 175 Å². The number of likely N-dealkylation sites (N-methyl/N-ethyl adjacent to an activating group) is 1. The van der Waals surface area contributed by atoms with Crippen molar-refractivity contribution in [3.8, 4) is 11.5 Å². The van der Waals surface area contributed by atoms with Crippen molar-refractivity contribution in [3.05, 3.63) is 23.8 Å². The SMILES string of the molecule is CN=C(NCc1ccc(OC)cc1OC)NCC(CC(C)C)N(C)C.I.